The first-order chi connectivity index (χ1) is 9.36. The van der Waals surface area contributed by atoms with Gasteiger partial charge in [-0.05, 0) is 31.4 Å². The highest BCUT2D eigenvalue weighted by molar-refractivity contribution is 5.99. The Morgan fingerprint density at radius 3 is 2.20 bits per heavy atom. The fourth-order valence-corrected chi connectivity index (χ4v) is 2.09. The first kappa shape index (κ1) is 16.0. The summed E-state index contributed by atoms with van der Waals surface area (Å²) < 4.78 is 0. The Hall–Kier alpha value is -2.04. The topological polar surface area (TPSA) is 78.9 Å². The average molecular weight is 277 g/mol. The van der Waals surface area contributed by atoms with E-state index in [-0.39, 0.29) is 17.8 Å². The van der Waals surface area contributed by atoms with Gasteiger partial charge in [-0.1, -0.05) is 31.1 Å². The molecule has 0 fully saturated rings. The summed E-state index contributed by atoms with van der Waals surface area (Å²) in [6.45, 7) is 6.32. The zero-order valence-corrected chi connectivity index (χ0v) is 12.5. The van der Waals surface area contributed by atoms with Gasteiger partial charge in [-0.25, -0.2) is 0 Å². The Morgan fingerprint density at radius 1 is 1.25 bits per heavy atom. The number of hydrogen-bond donors (Lipinski definition) is 2. The third kappa shape index (κ3) is 3.98. The van der Waals surface area contributed by atoms with E-state index in [0.29, 0.717) is 17.0 Å². The molecule has 1 aromatic rings. The second-order valence-corrected chi connectivity index (χ2v) is 5.46. The minimum absolute atomic E-state index is 0.0239. The molecular weight excluding hydrogens is 254 g/mol. The van der Waals surface area contributed by atoms with Crippen molar-refractivity contribution in [3.8, 4) is 0 Å². The number of hydrogen-bond acceptors (Lipinski definition) is 3. The van der Waals surface area contributed by atoms with Crippen molar-refractivity contribution >= 4 is 11.7 Å². The molecule has 0 spiro atoms. The highest BCUT2D eigenvalue weighted by atomic mass is 16.4. The Morgan fingerprint density at radius 2 is 1.75 bits per heavy atom. The van der Waals surface area contributed by atoms with Crippen molar-refractivity contribution in [2.75, 3.05) is 7.05 Å². The molecule has 1 amide bonds. The molecule has 1 rings (SSSR count). The molecule has 0 saturated carbocycles. The van der Waals surface area contributed by atoms with Gasteiger partial charge in [-0.3, -0.25) is 4.79 Å². The quantitative estimate of drug-likeness (QED) is 0.375. The predicted molar refractivity (Wildman–Crippen MR) is 80.0 cm³/mol. The lowest BCUT2D eigenvalue weighted by molar-refractivity contribution is 0.0728. The normalized spacial score (nSPS) is 13.3. The summed E-state index contributed by atoms with van der Waals surface area (Å²) in [7, 11) is 1.81. The molecule has 1 unspecified atom stereocenters. The van der Waals surface area contributed by atoms with E-state index in [9.17, 15) is 4.79 Å². The van der Waals surface area contributed by atoms with Gasteiger partial charge >= 0.3 is 0 Å². The van der Waals surface area contributed by atoms with Gasteiger partial charge < -0.3 is 15.8 Å². The standard InChI is InChI=1S/C15H23N3O2/c1-10(2)9-11(3)18(4)15(19)13-7-5-12(6-8-13)14(16)17-20/h5-8,10-11,20H,9H2,1-4H3,(H2,16,17). The fraction of sp³-hybridized carbons (Fsp3) is 0.467. The molecule has 110 valence electrons. The van der Waals surface area contributed by atoms with Crippen LogP contribution in [0.1, 0.15) is 43.1 Å². The molecule has 0 aliphatic rings. The molecule has 5 nitrogen and oxygen atoms in total. The van der Waals surface area contributed by atoms with E-state index in [0.717, 1.165) is 6.42 Å². The second-order valence-electron chi connectivity index (χ2n) is 5.46. The van der Waals surface area contributed by atoms with Crippen molar-refractivity contribution < 1.29 is 10.0 Å². The molecule has 5 heteroatoms. The van der Waals surface area contributed by atoms with Crippen LogP contribution in [-0.2, 0) is 0 Å². The molecule has 0 aliphatic heterocycles. The highest BCUT2D eigenvalue weighted by Gasteiger charge is 2.18. The number of nitrogens with zero attached hydrogens (tertiary/aromatic N) is 2. The van der Waals surface area contributed by atoms with E-state index in [1.165, 1.54) is 0 Å². The van der Waals surface area contributed by atoms with Crippen LogP contribution in [0.2, 0.25) is 0 Å². The molecule has 0 radical (unpaired) electrons. The average Bonchev–Trinajstić information content (AvgIpc) is 2.44. The molecule has 3 N–H and O–H groups in total. The van der Waals surface area contributed by atoms with Gasteiger partial charge in [0, 0.05) is 24.2 Å². The maximum absolute atomic E-state index is 12.3. The zero-order valence-electron chi connectivity index (χ0n) is 12.5. The van der Waals surface area contributed by atoms with Crippen molar-refractivity contribution in [1.82, 2.24) is 4.90 Å². The highest BCUT2D eigenvalue weighted by Crippen LogP contribution is 2.13. The number of amidine groups is 1. The predicted octanol–water partition coefficient (Wildman–Crippen LogP) is 2.29. The molecule has 1 atom stereocenters. The largest absolute Gasteiger partial charge is 0.409 e. The van der Waals surface area contributed by atoms with Gasteiger partial charge in [0.1, 0.15) is 0 Å². The SMILES string of the molecule is CC(C)CC(C)N(C)C(=O)c1ccc(C(N)=NO)cc1. The first-order valence-electron chi connectivity index (χ1n) is 6.72. The minimum Gasteiger partial charge on any atom is -0.409 e. The van der Waals surface area contributed by atoms with Crippen molar-refractivity contribution in [2.24, 2.45) is 16.8 Å². The summed E-state index contributed by atoms with van der Waals surface area (Å²) >= 11 is 0. The Labute approximate surface area is 120 Å². The van der Waals surface area contributed by atoms with Crippen LogP contribution in [0, 0.1) is 5.92 Å². The zero-order chi connectivity index (χ0) is 15.3. The monoisotopic (exact) mass is 277 g/mol. The lowest BCUT2D eigenvalue weighted by Crippen LogP contribution is -2.35. The summed E-state index contributed by atoms with van der Waals surface area (Å²) in [5.41, 5.74) is 6.67. The van der Waals surface area contributed by atoms with Crippen LogP contribution in [0.3, 0.4) is 0 Å². The molecule has 0 heterocycles. The number of amides is 1. The lowest BCUT2D eigenvalue weighted by atomic mass is 10.0. The first-order valence-corrected chi connectivity index (χ1v) is 6.72. The van der Waals surface area contributed by atoms with Crippen LogP contribution in [0.5, 0.6) is 0 Å². The lowest BCUT2D eigenvalue weighted by Gasteiger charge is -2.26. The molecule has 0 saturated heterocycles. The van der Waals surface area contributed by atoms with Gasteiger partial charge in [0.15, 0.2) is 5.84 Å². The molecule has 20 heavy (non-hydrogen) atoms. The van der Waals surface area contributed by atoms with Crippen LogP contribution in [-0.4, -0.2) is 34.9 Å². The Balaban J connectivity index is 2.82. The number of carbonyl (C=O) groups is 1. The smallest absolute Gasteiger partial charge is 0.253 e. The summed E-state index contributed by atoms with van der Waals surface area (Å²) in [6, 6.07) is 6.90. The molecular formula is C15H23N3O2. The number of carbonyl (C=O) groups excluding carboxylic acids is 1. The summed E-state index contributed by atoms with van der Waals surface area (Å²) in [5.74, 6) is 0.554. The van der Waals surface area contributed by atoms with Crippen molar-refractivity contribution in [2.45, 2.75) is 33.2 Å². The molecule has 0 aliphatic carbocycles. The minimum atomic E-state index is -0.0239. The van der Waals surface area contributed by atoms with Crippen LogP contribution >= 0.6 is 0 Å². The van der Waals surface area contributed by atoms with E-state index in [4.69, 9.17) is 10.9 Å². The Bertz CT molecular complexity index is 480. The summed E-state index contributed by atoms with van der Waals surface area (Å²) in [5, 5.41) is 11.5. The third-order valence-electron chi connectivity index (χ3n) is 3.33. The van der Waals surface area contributed by atoms with Crippen LogP contribution in [0.25, 0.3) is 0 Å². The maximum Gasteiger partial charge on any atom is 0.253 e. The molecule has 1 aromatic carbocycles. The second kappa shape index (κ2) is 6.93. The molecule has 0 aromatic heterocycles. The van der Waals surface area contributed by atoms with Crippen LogP contribution in [0.15, 0.2) is 29.4 Å². The number of oxime groups is 1. The van der Waals surface area contributed by atoms with Crippen LogP contribution < -0.4 is 5.73 Å². The van der Waals surface area contributed by atoms with E-state index < -0.39 is 0 Å². The van der Waals surface area contributed by atoms with E-state index in [2.05, 4.69) is 19.0 Å². The molecule has 0 bridgehead atoms. The van der Waals surface area contributed by atoms with Gasteiger partial charge in [0.25, 0.3) is 5.91 Å². The van der Waals surface area contributed by atoms with E-state index in [1.807, 2.05) is 14.0 Å². The van der Waals surface area contributed by atoms with Gasteiger partial charge in [-0.15, -0.1) is 0 Å². The third-order valence-corrected chi connectivity index (χ3v) is 3.33. The summed E-state index contributed by atoms with van der Waals surface area (Å²) in [6.07, 6.45) is 0.963. The maximum atomic E-state index is 12.3. The number of benzene rings is 1. The van der Waals surface area contributed by atoms with Crippen molar-refractivity contribution in [1.29, 1.82) is 0 Å². The Kier molecular flexibility index (Phi) is 5.55. The number of nitrogens with two attached hydrogens (primary N) is 1. The summed E-state index contributed by atoms with van der Waals surface area (Å²) in [4.78, 5) is 14.1. The van der Waals surface area contributed by atoms with E-state index >= 15 is 0 Å². The fourth-order valence-electron chi connectivity index (χ4n) is 2.09. The van der Waals surface area contributed by atoms with E-state index in [1.54, 1.807) is 29.2 Å². The van der Waals surface area contributed by atoms with Gasteiger partial charge in [0.05, 0.1) is 0 Å². The van der Waals surface area contributed by atoms with Crippen molar-refractivity contribution in [3.63, 3.8) is 0 Å². The van der Waals surface area contributed by atoms with Crippen LogP contribution in [0.4, 0.5) is 0 Å². The van der Waals surface area contributed by atoms with Gasteiger partial charge in [-0.2, -0.15) is 0 Å². The van der Waals surface area contributed by atoms with Gasteiger partial charge in [0.2, 0.25) is 0 Å². The number of rotatable bonds is 5. The van der Waals surface area contributed by atoms with Crippen molar-refractivity contribution in [3.05, 3.63) is 35.4 Å².